The highest BCUT2D eigenvalue weighted by Crippen LogP contribution is 2.44. The van der Waals surface area contributed by atoms with E-state index in [1.54, 1.807) is 22.2 Å². The minimum Gasteiger partial charge on any atom is -0.382 e. The van der Waals surface area contributed by atoms with Gasteiger partial charge in [-0.3, -0.25) is 9.79 Å². The number of amides is 1. The lowest BCUT2D eigenvalue weighted by atomic mass is 10.00. The van der Waals surface area contributed by atoms with Crippen LogP contribution in [0, 0.1) is 5.82 Å². The van der Waals surface area contributed by atoms with Gasteiger partial charge in [-0.15, -0.1) is 0 Å². The molecule has 4 aliphatic rings. The summed E-state index contributed by atoms with van der Waals surface area (Å²) in [7, 11) is 0. The quantitative estimate of drug-likeness (QED) is 0.777. The summed E-state index contributed by atoms with van der Waals surface area (Å²) in [5.41, 5.74) is 0.103. The van der Waals surface area contributed by atoms with Crippen molar-refractivity contribution < 1.29 is 23.6 Å². The Morgan fingerprint density at radius 1 is 1.22 bits per heavy atom. The number of fused-ring (bicyclic) bond motifs is 3. The zero-order valence-electron chi connectivity index (χ0n) is 17.5. The molecule has 1 aliphatic carbocycles. The number of hydrogen-bond donors (Lipinski definition) is 1. The number of anilines is 2. The molecule has 3 atom stereocenters. The van der Waals surface area contributed by atoms with E-state index in [2.05, 4.69) is 15.1 Å². The summed E-state index contributed by atoms with van der Waals surface area (Å²) in [5, 5.41) is 14.8. The van der Waals surface area contributed by atoms with Crippen molar-refractivity contribution in [2.45, 2.75) is 62.3 Å². The number of aliphatic hydroxyl groups is 1. The molecule has 2 aromatic rings. The van der Waals surface area contributed by atoms with Crippen molar-refractivity contribution in [1.82, 2.24) is 10.1 Å². The predicted molar refractivity (Wildman–Crippen MR) is 112 cm³/mol. The van der Waals surface area contributed by atoms with E-state index >= 15 is 0 Å². The number of benzene rings is 1. The van der Waals surface area contributed by atoms with Crippen molar-refractivity contribution in [3.63, 3.8) is 0 Å². The van der Waals surface area contributed by atoms with Gasteiger partial charge in [-0.05, 0) is 56.7 Å². The summed E-state index contributed by atoms with van der Waals surface area (Å²) < 4.78 is 25.3. The molecule has 9 nitrogen and oxygen atoms in total. The molecule has 1 aromatic carbocycles. The van der Waals surface area contributed by atoms with Crippen LogP contribution in [0.3, 0.4) is 0 Å². The second kappa shape index (κ2) is 7.35. The van der Waals surface area contributed by atoms with Crippen LogP contribution in [0.1, 0.15) is 56.3 Å². The number of carbonyl (C=O) groups is 1. The number of nitrogens with zero attached hydrogens (tertiary/aromatic N) is 5. The van der Waals surface area contributed by atoms with E-state index in [0.29, 0.717) is 37.4 Å². The standard InChI is InChI=1S/C22H24FN5O4/c23-13-5-6-15-16(10-13)27(11-14-4-3-9-31-14)20(29)18-17(24-12-28(15)18)19-25-21(26-32-19)22(30)7-1-2-8-22/h5-6,10,12,14,17-18,30H,1-4,7-9,11H2. The van der Waals surface area contributed by atoms with Gasteiger partial charge in [-0.25, -0.2) is 4.39 Å². The van der Waals surface area contributed by atoms with Crippen LogP contribution in [0.15, 0.2) is 27.7 Å². The van der Waals surface area contributed by atoms with Crippen molar-refractivity contribution in [3.8, 4) is 0 Å². The third-order valence-corrected chi connectivity index (χ3v) is 6.93. The Hall–Kier alpha value is -2.85. The van der Waals surface area contributed by atoms with Crippen molar-refractivity contribution >= 4 is 23.6 Å². The maximum absolute atomic E-state index is 14.1. The zero-order chi connectivity index (χ0) is 21.9. The molecular formula is C22H24FN5O4. The molecule has 1 saturated carbocycles. The molecule has 0 spiro atoms. The van der Waals surface area contributed by atoms with Gasteiger partial charge in [0.15, 0.2) is 6.04 Å². The summed E-state index contributed by atoms with van der Waals surface area (Å²) in [6, 6.07) is 2.97. The minimum absolute atomic E-state index is 0.0889. The van der Waals surface area contributed by atoms with Crippen LogP contribution >= 0.6 is 0 Å². The summed E-state index contributed by atoms with van der Waals surface area (Å²) in [4.78, 5) is 25.9. The first-order valence-corrected chi connectivity index (χ1v) is 11.1. The average Bonchev–Trinajstić information content (AvgIpc) is 3.57. The number of halogens is 1. The van der Waals surface area contributed by atoms with Crippen LogP contribution in [-0.4, -0.2) is 52.8 Å². The largest absolute Gasteiger partial charge is 0.382 e. The molecule has 2 fully saturated rings. The first-order chi connectivity index (χ1) is 15.5. The van der Waals surface area contributed by atoms with Crippen molar-refractivity contribution in [2.24, 2.45) is 4.99 Å². The third-order valence-electron chi connectivity index (χ3n) is 6.93. The summed E-state index contributed by atoms with van der Waals surface area (Å²) in [6.45, 7) is 1.01. The Labute approximate surface area is 183 Å². The van der Waals surface area contributed by atoms with Crippen LogP contribution in [-0.2, 0) is 15.1 Å². The van der Waals surface area contributed by atoms with E-state index in [4.69, 9.17) is 9.26 Å². The normalized spacial score (nSPS) is 28.4. The molecule has 0 radical (unpaired) electrons. The van der Waals surface area contributed by atoms with Crippen molar-refractivity contribution in [1.29, 1.82) is 0 Å². The maximum Gasteiger partial charge on any atom is 0.254 e. The molecule has 32 heavy (non-hydrogen) atoms. The van der Waals surface area contributed by atoms with Gasteiger partial charge in [0.1, 0.15) is 17.5 Å². The van der Waals surface area contributed by atoms with Crippen LogP contribution < -0.4 is 9.80 Å². The number of aromatic nitrogens is 2. The van der Waals surface area contributed by atoms with E-state index in [9.17, 15) is 14.3 Å². The van der Waals surface area contributed by atoms with Gasteiger partial charge in [0, 0.05) is 6.61 Å². The average molecular weight is 441 g/mol. The second-order valence-electron chi connectivity index (χ2n) is 8.97. The molecule has 168 valence electrons. The maximum atomic E-state index is 14.1. The van der Waals surface area contributed by atoms with Crippen molar-refractivity contribution in [2.75, 3.05) is 23.0 Å². The van der Waals surface area contributed by atoms with Crippen LogP contribution in [0.25, 0.3) is 0 Å². The SMILES string of the molecule is O=C1C2C(c3nc(C4(O)CCCC4)no3)N=CN2c2ccc(F)cc2N1CC1CCCO1. The lowest BCUT2D eigenvalue weighted by molar-refractivity contribution is -0.120. The Morgan fingerprint density at radius 2 is 2.06 bits per heavy atom. The van der Waals surface area contributed by atoms with E-state index < -0.39 is 23.5 Å². The minimum atomic E-state index is -1.09. The molecule has 6 rings (SSSR count). The highest BCUT2D eigenvalue weighted by atomic mass is 19.1. The number of rotatable bonds is 4. The Bertz CT molecular complexity index is 1080. The fourth-order valence-corrected chi connectivity index (χ4v) is 5.23. The van der Waals surface area contributed by atoms with Gasteiger partial charge < -0.3 is 24.2 Å². The molecule has 1 N–H and O–H groups in total. The molecule has 1 amide bonds. The Kier molecular flexibility index (Phi) is 4.55. The van der Waals surface area contributed by atoms with Crippen LogP contribution in [0.4, 0.5) is 15.8 Å². The Morgan fingerprint density at radius 3 is 2.84 bits per heavy atom. The molecule has 1 aromatic heterocycles. The first kappa shape index (κ1) is 19.8. The van der Waals surface area contributed by atoms with E-state index in [0.717, 1.165) is 25.7 Å². The molecule has 4 heterocycles. The number of aliphatic imine (C=N–C) groups is 1. The number of hydrogen-bond acceptors (Lipinski definition) is 8. The second-order valence-corrected chi connectivity index (χ2v) is 8.97. The lowest BCUT2D eigenvalue weighted by Gasteiger charge is -2.39. The smallest absolute Gasteiger partial charge is 0.254 e. The molecule has 3 unspecified atom stereocenters. The van der Waals surface area contributed by atoms with E-state index in [1.165, 1.54) is 12.1 Å². The monoisotopic (exact) mass is 441 g/mol. The van der Waals surface area contributed by atoms with E-state index in [-0.39, 0.29) is 23.7 Å². The molecule has 3 aliphatic heterocycles. The molecular weight excluding hydrogens is 417 g/mol. The summed E-state index contributed by atoms with van der Waals surface area (Å²) in [6.07, 6.45) is 6.26. The van der Waals surface area contributed by atoms with E-state index in [1.807, 2.05) is 0 Å². The lowest BCUT2D eigenvalue weighted by Crippen LogP contribution is -2.54. The topological polar surface area (TPSA) is 104 Å². The summed E-state index contributed by atoms with van der Waals surface area (Å²) in [5.74, 6) is -0.188. The molecule has 10 heteroatoms. The third kappa shape index (κ3) is 3.04. The van der Waals surface area contributed by atoms with Crippen LogP contribution in [0.2, 0.25) is 0 Å². The van der Waals surface area contributed by atoms with Gasteiger partial charge in [0.25, 0.3) is 11.8 Å². The van der Waals surface area contributed by atoms with Gasteiger partial charge >= 0.3 is 0 Å². The van der Waals surface area contributed by atoms with Crippen molar-refractivity contribution in [3.05, 3.63) is 35.7 Å². The highest BCUT2D eigenvalue weighted by molar-refractivity contribution is 6.11. The van der Waals surface area contributed by atoms with Crippen LogP contribution in [0.5, 0.6) is 0 Å². The predicted octanol–water partition coefficient (Wildman–Crippen LogP) is 2.45. The first-order valence-electron chi connectivity index (χ1n) is 11.1. The van der Waals surface area contributed by atoms with Gasteiger partial charge in [0.05, 0.1) is 30.4 Å². The van der Waals surface area contributed by atoms with Gasteiger partial charge in [-0.2, -0.15) is 4.98 Å². The highest BCUT2D eigenvalue weighted by Gasteiger charge is 2.49. The van der Waals surface area contributed by atoms with Gasteiger partial charge in [0.2, 0.25) is 5.82 Å². The number of ether oxygens (including phenoxy) is 1. The summed E-state index contributed by atoms with van der Waals surface area (Å²) >= 11 is 0. The zero-order valence-corrected chi connectivity index (χ0v) is 17.5. The van der Waals surface area contributed by atoms with Gasteiger partial charge in [-0.1, -0.05) is 5.16 Å². The molecule has 1 saturated heterocycles. The molecule has 0 bridgehead atoms. The fourth-order valence-electron chi connectivity index (χ4n) is 5.23. The number of carbonyl (C=O) groups excluding carboxylic acids is 1. The Balaban J connectivity index is 1.35. The fraction of sp³-hybridized carbons (Fsp3) is 0.545.